The van der Waals surface area contributed by atoms with Crippen molar-refractivity contribution < 1.29 is 30.0 Å². The van der Waals surface area contributed by atoms with E-state index in [0.717, 1.165) is 24.3 Å². The van der Waals surface area contributed by atoms with Gasteiger partial charge in [-0.2, -0.15) is 18.3 Å². The molecule has 0 radical (unpaired) electrons. The molecule has 2 rings (SSSR count). The fraction of sp³-hybridized carbons (Fsp3) is 0.429. The summed E-state index contributed by atoms with van der Waals surface area (Å²) >= 11 is 0. The highest BCUT2D eigenvalue weighted by atomic mass is 32.2. The minimum atomic E-state index is -4.71. The van der Waals surface area contributed by atoms with E-state index in [-0.39, 0.29) is 10.7 Å². The Morgan fingerprint density at radius 2 is 1.61 bits per heavy atom. The number of aryl methyl sites for hydroxylation is 1. The number of nitrogens with one attached hydrogen (secondary N) is 3. The minimum absolute atomic E-state index is 0.232. The predicted molar refractivity (Wildman–Crippen MR) is 92.2 cm³/mol. The number of hydrogen-bond donors (Lipinski definition) is 3. The zero-order valence-corrected chi connectivity index (χ0v) is 16.4. The molecular formula is C14H18F3N5O4S2. The van der Waals surface area contributed by atoms with Gasteiger partial charge in [-0.1, -0.05) is 6.92 Å². The van der Waals surface area contributed by atoms with E-state index in [1.165, 1.54) is 11.6 Å². The Bertz CT molecular complexity index is 1020. The van der Waals surface area contributed by atoms with E-state index >= 15 is 0 Å². The Balaban J connectivity index is 2.14. The van der Waals surface area contributed by atoms with Crippen LogP contribution in [0.15, 0.2) is 34.1 Å². The van der Waals surface area contributed by atoms with Gasteiger partial charge in [0.1, 0.15) is 12.4 Å². The Morgan fingerprint density at radius 1 is 1.07 bits per heavy atom. The monoisotopic (exact) mass is 441 g/mol. The van der Waals surface area contributed by atoms with Crippen molar-refractivity contribution in [1.82, 2.24) is 24.6 Å². The topological polar surface area (TPSA) is 134 Å². The van der Waals surface area contributed by atoms with Gasteiger partial charge in [0.25, 0.3) is 0 Å². The lowest BCUT2D eigenvalue weighted by molar-refractivity contribution is -0.121. The van der Waals surface area contributed by atoms with Crippen molar-refractivity contribution in [3.05, 3.63) is 35.9 Å². The number of hydrogen-bond acceptors (Lipinski definition) is 6. The van der Waals surface area contributed by atoms with E-state index < -0.39 is 43.7 Å². The SMILES string of the molecule is CCc1nc(C(C)NS(=O)(=O)c2ccc(S(=O)(=O)NCC(F)(F)F)cc2)n[nH]1. The second-order valence-electron chi connectivity index (χ2n) is 5.75. The van der Waals surface area contributed by atoms with E-state index in [2.05, 4.69) is 19.9 Å². The van der Waals surface area contributed by atoms with Crippen LogP contribution in [0.3, 0.4) is 0 Å². The summed E-state index contributed by atoms with van der Waals surface area (Å²) in [5.74, 6) is 0.818. The molecule has 1 heterocycles. The van der Waals surface area contributed by atoms with E-state index in [0.29, 0.717) is 12.2 Å². The summed E-state index contributed by atoms with van der Waals surface area (Å²) in [4.78, 5) is 3.36. The molecule has 0 fully saturated rings. The van der Waals surface area contributed by atoms with Gasteiger partial charge < -0.3 is 0 Å². The minimum Gasteiger partial charge on any atom is -0.263 e. The van der Waals surface area contributed by atoms with Crippen LogP contribution in [0.25, 0.3) is 0 Å². The molecule has 9 nitrogen and oxygen atoms in total. The van der Waals surface area contributed by atoms with Gasteiger partial charge in [0.05, 0.1) is 15.8 Å². The second-order valence-corrected chi connectivity index (χ2v) is 9.23. The lowest BCUT2D eigenvalue weighted by atomic mass is 10.3. The highest BCUT2D eigenvalue weighted by Gasteiger charge is 2.30. The molecule has 1 aromatic carbocycles. The predicted octanol–water partition coefficient (Wildman–Crippen LogP) is 1.25. The number of benzene rings is 1. The molecule has 28 heavy (non-hydrogen) atoms. The quantitative estimate of drug-likeness (QED) is 0.564. The fourth-order valence-corrected chi connectivity index (χ4v) is 4.29. The molecule has 1 atom stereocenters. The molecule has 0 aliphatic carbocycles. The third-order valence-electron chi connectivity index (χ3n) is 3.51. The van der Waals surface area contributed by atoms with Gasteiger partial charge in [0.2, 0.25) is 20.0 Å². The van der Waals surface area contributed by atoms with E-state index in [1.54, 1.807) is 0 Å². The summed E-state index contributed by atoms with van der Waals surface area (Å²) in [6.07, 6.45) is -4.13. The molecular weight excluding hydrogens is 423 g/mol. The largest absolute Gasteiger partial charge is 0.402 e. The van der Waals surface area contributed by atoms with Crippen molar-refractivity contribution in [2.24, 2.45) is 0 Å². The standard InChI is InChI=1S/C14H18F3N5O4S2/c1-3-12-19-13(21-20-12)9(2)22-28(25,26)11-6-4-10(5-7-11)27(23,24)18-8-14(15,16)17/h4-7,9,18,22H,3,8H2,1-2H3,(H,19,20,21). The van der Waals surface area contributed by atoms with Crippen LogP contribution >= 0.6 is 0 Å². The molecule has 1 unspecified atom stereocenters. The van der Waals surface area contributed by atoms with E-state index in [4.69, 9.17) is 0 Å². The summed E-state index contributed by atoms with van der Waals surface area (Å²) in [6, 6.07) is 3.00. The Morgan fingerprint density at radius 3 is 2.07 bits per heavy atom. The lowest BCUT2D eigenvalue weighted by Gasteiger charge is -2.12. The van der Waals surface area contributed by atoms with Gasteiger partial charge in [-0.25, -0.2) is 31.3 Å². The summed E-state index contributed by atoms with van der Waals surface area (Å²) in [7, 11) is -8.47. The zero-order chi connectivity index (χ0) is 21.2. The first-order valence-corrected chi connectivity index (χ1v) is 10.9. The van der Waals surface area contributed by atoms with Gasteiger partial charge in [-0.05, 0) is 31.2 Å². The van der Waals surface area contributed by atoms with Gasteiger partial charge >= 0.3 is 6.18 Å². The normalized spacial score (nSPS) is 14.2. The smallest absolute Gasteiger partial charge is 0.263 e. The summed E-state index contributed by atoms with van der Waals surface area (Å²) in [6.45, 7) is 1.64. The van der Waals surface area contributed by atoms with Crippen LogP contribution in [-0.2, 0) is 26.5 Å². The first kappa shape index (κ1) is 22.3. The van der Waals surface area contributed by atoms with Crippen LogP contribution in [0.2, 0.25) is 0 Å². The number of aromatic nitrogens is 3. The maximum atomic E-state index is 12.4. The van der Waals surface area contributed by atoms with Crippen molar-refractivity contribution in [1.29, 1.82) is 0 Å². The van der Waals surface area contributed by atoms with Crippen LogP contribution in [-0.4, -0.2) is 44.7 Å². The Kier molecular flexibility index (Phi) is 6.48. The number of rotatable bonds is 8. The van der Waals surface area contributed by atoms with Crippen molar-refractivity contribution >= 4 is 20.0 Å². The average Bonchev–Trinajstić information content (AvgIpc) is 3.09. The van der Waals surface area contributed by atoms with E-state index in [1.807, 2.05) is 6.92 Å². The molecule has 3 N–H and O–H groups in total. The van der Waals surface area contributed by atoms with Crippen molar-refractivity contribution in [3.63, 3.8) is 0 Å². The zero-order valence-electron chi connectivity index (χ0n) is 14.8. The number of nitrogens with zero attached hydrogens (tertiary/aromatic N) is 2. The fourth-order valence-electron chi connectivity index (χ4n) is 2.07. The molecule has 0 spiro atoms. The highest BCUT2D eigenvalue weighted by Crippen LogP contribution is 2.19. The molecule has 0 bridgehead atoms. The summed E-state index contributed by atoms with van der Waals surface area (Å²) in [5.41, 5.74) is 0. The van der Waals surface area contributed by atoms with Crippen LogP contribution < -0.4 is 9.44 Å². The summed E-state index contributed by atoms with van der Waals surface area (Å²) in [5, 5.41) is 6.57. The molecule has 0 aliphatic heterocycles. The molecule has 0 saturated heterocycles. The van der Waals surface area contributed by atoms with E-state index in [9.17, 15) is 30.0 Å². The van der Waals surface area contributed by atoms with Gasteiger partial charge in [0, 0.05) is 6.42 Å². The Labute approximate surface area is 159 Å². The second kappa shape index (κ2) is 8.14. The highest BCUT2D eigenvalue weighted by molar-refractivity contribution is 7.90. The number of sulfonamides is 2. The first-order chi connectivity index (χ1) is 12.8. The van der Waals surface area contributed by atoms with Crippen molar-refractivity contribution in [3.8, 4) is 0 Å². The van der Waals surface area contributed by atoms with Gasteiger partial charge in [-0.15, -0.1) is 0 Å². The average molecular weight is 441 g/mol. The molecule has 0 saturated carbocycles. The molecule has 1 aromatic heterocycles. The maximum Gasteiger partial charge on any atom is 0.402 e. The summed E-state index contributed by atoms with van der Waals surface area (Å²) < 4.78 is 88.8. The molecule has 2 aromatic rings. The molecule has 14 heteroatoms. The molecule has 156 valence electrons. The lowest BCUT2D eigenvalue weighted by Crippen LogP contribution is -2.33. The van der Waals surface area contributed by atoms with Crippen LogP contribution in [0.4, 0.5) is 13.2 Å². The van der Waals surface area contributed by atoms with Crippen LogP contribution in [0.5, 0.6) is 0 Å². The number of aromatic amines is 1. The van der Waals surface area contributed by atoms with Crippen molar-refractivity contribution in [2.75, 3.05) is 6.54 Å². The Hall–Kier alpha value is -2.03. The van der Waals surface area contributed by atoms with Gasteiger partial charge in [-0.3, -0.25) is 5.10 Å². The molecule has 0 amide bonds. The third kappa shape index (κ3) is 5.73. The maximum absolute atomic E-state index is 12.4. The van der Waals surface area contributed by atoms with Gasteiger partial charge in [0.15, 0.2) is 5.82 Å². The number of halogens is 3. The van der Waals surface area contributed by atoms with Crippen LogP contribution in [0.1, 0.15) is 31.5 Å². The van der Waals surface area contributed by atoms with Crippen molar-refractivity contribution in [2.45, 2.75) is 42.3 Å². The van der Waals surface area contributed by atoms with Crippen LogP contribution in [0, 0.1) is 0 Å². The number of H-pyrrole nitrogens is 1. The number of alkyl halides is 3. The first-order valence-electron chi connectivity index (χ1n) is 7.94. The molecule has 0 aliphatic rings. The third-order valence-corrected chi connectivity index (χ3v) is 6.48.